The molecule has 0 spiro atoms. The summed E-state index contributed by atoms with van der Waals surface area (Å²) in [7, 11) is 0. The molecule has 0 aliphatic heterocycles. The SMILES string of the molecule is CC(O)C(NC(=O)C(N)Cc1c[nH]c2ccccc12)C(=O)NC(Cc1cnc[nH]1)C(=O)NC(Cc1c[nH]c2ccccc12)C(=O)O. The van der Waals surface area contributed by atoms with Gasteiger partial charge in [-0.05, 0) is 36.6 Å². The minimum absolute atomic E-state index is 0.0174. The van der Waals surface area contributed by atoms with Gasteiger partial charge in [0.1, 0.15) is 18.1 Å². The molecule has 14 heteroatoms. The summed E-state index contributed by atoms with van der Waals surface area (Å²) in [5.41, 5.74) is 9.90. The van der Waals surface area contributed by atoms with Gasteiger partial charge in [-0.1, -0.05) is 36.4 Å². The van der Waals surface area contributed by atoms with E-state index in [1.165, 1.54) is 19.4 Å². The highest BCUT2D eigenvalue weighted by Gasteiger charge is 2.33. The Labute approximate surface area is 263 Å². The summed E-state index contributed by atoms with van der Waals surface area (Å²) in [4.78, 5) is 65.2. The van der Waals surface area contributed by atoms with Crippen LogP contribution in [-0.2, 0) is 38.4 Å². The minimum Gasteiger partial charge on any atom is -0.480 e. The van der Waals surface area contributed by atoms with E-state index in [0.717, 1.165) is 27.4 Å². The maximum Gasteiger partial charge on any atom is 0.326 e. The van der Waals surface area contributed by atoms with Crippen molar-refractivity contribution in [2.75, 3.05) is 0 Å². The number of para-hydroxylation sites is 2. The van der Waals surface area contributed by atoms with Crippen LogP contribution >= 0.6 is 0 Å². The Bertz CT molecular complexity index is 1830. The number of amides is 3. The molecule has 2 aromatic carbocycles. The number of aliphatic hydroxyl groups is 1. The first kappa shape index (κ1) is 31.9. The Hall–Kier alpha value is -5.47. The van der Waals surface area contributed by atoms with Crippen molar-refractivity contribution in [3.63, 3.8) is 0 Å². The third kappa shape index (κ3) is 7.42. The van der Waals surface area contributed by atoms with E-state index in [9.17, 15) is 29.4 Å². The number of nitrogens with one attached hydrogen (secondary N) is 6. The van der Waals surface area contributed by atoms with Gasteiger partial charge in [0.2, 0.25) is 17.7 Å². The molecule has 5 rings (SSSR count). The van der Waals surface area contributed by atoms with Crippen molar-refractivity contribution in [3.05, 3.63) is 90.3 Å². The van der Waals surface area contributed by atoms with Crippen LogP contribution in [0.5, 0.6) is 0 Å². The summed E-state index contributed by atoms with van der Waals surface area (Å²) >= 11 is 0. The van der Waals surface area contributed by atoms with Gasteiger partial charge in [0.15, 0.2) is 0 Å². The lowest BCUT2D eigenvalue weighted by atomic mass is 10.0. The van der Waals surface area contributed by atoms with Crippen molar-refractivity contribution in [2.24, 2.45) is 5.73 Å². The monoisotopic (exact) mass is 628 g/mol. The summed E-state index contributed by atoms with van der Waals surface area (Å²) in [6.07, 6.45) is 5.04. The van der Waals surface area contributed by atoms with Crippen LogP contribution in [0.15, 0.2) is 73.4 Å². The molecule has 3 aromatic heterocycles. The van der Waals surface area contributed by atoms with Gasteiger partial charge in [-0.15, -0.1) is 0 Å². The molecule has 0 aliphatic rings. The topological polar surface area (TPSA) is 231 Å². The molecule has 3 heterocycles. The van der Waals surface area contributed by atoms with E-state index in [0.29, 0.717) is 11.3 Å². The van der Waals surface area contributed by atoms with Crippen LogP contribution in [0.4, 0.5) is 0 Å². The molecule has 14 nitrogen and oxygen atoms in total. The van der Waals surface area contributed by atoms with Crippen molar-refractivity contribution in [3.8, 4) is 0 Å². The molecule has 240 valence electrons. The number of nitrogens with two attached hydrogens (primary N) is 1. The number of carboxylic acid groups (broad SMARTS) is 1. The Morgan fingerprint density at radius 2 is 1.37 bits per heavy atom. The van der Waals surface area contributed by atoms with Crippen molar-refractivity contribution in [1.29, 1.82) is 0 Å². The molecule has 5 aromatic rings. The van der Waals surface area contributed by atoms with Crippen molar-refractivity contribution in [2.45, 2.75) is 56.5 Å². The molecule has 5 atom stereocenters. The molecule has 46 heavy (non-hydrogen) atoms. The van der Waals surface area contributed by atoms with E-state index in [4.69, 9.17) is 5.73 Å². The van der Waals surface area contributed by atoms with E-state index < -0.39 is 54.0 Å². The summed E-state index contributed by atoms with van der Waals surface area (Å²) in [6.45, 7) is 1.32. The first-order chi connectivity index (χ1) is 22.1. The van der Waals surface area contributed by atoms with Crippen LogP contribution in [0.25, 0.3) is 21.8 Å². The molecule has 0 saturated carbocycles. The number of benzene rings is 2. The van der Waals surface area contributed by atoms with Gasteiger partial charge in [-0.3, -0.25) is 14.4 Å². The van der Waals surface area contributed by atoms with Crippen LogP contribution in [0.2, 0.25) is 0 Å². The number of carbonyl (C=O) groups excluding carboxylic acids is 3. The molecule has 0 saturated heterocycles. The van der Waals surface area contributed by atoms with Gasteiger partial charge in [0, 0.05) is 58.9 Å². The molecular weight excluding hydrogens is 592 g/mol. The lowest BCUT2D eigenvalue weighted by Gasteiger charge is -2.26. The maximum absolute atomic E-state index is 13.5. The van der Waals surface area contributed by atoms with Crippen LogP contribution < -0.4 is 21.7 Å². The maximum atomic E-state index is 13.5. The zero-order valence-corrected chi connectivity index (χ0v) is 25.0. The van der Waals surface area contributed by atoms with Crippen molar-refractivity contribution in [1.82, 2.24) is 35.9 Å². The number of carboxylic acids is 1. The lowest BCUT2D eigenvalue weighted by Crippen LogP contribution is -2.60. The Morgan fingerprint density at radius 1 is 0.783 bits per heavy atom. The number of nitrogens with zero attached hydrogens (tertiary/aromatic N) is 1. The average molecular weight is 629 g/mol. The molecule has 0 radical (unpaired) electrons. The molecule has 3 amide bonds. The molecule has 5 unspecified atom stereocenters. The smallest absolute Gasteiger partial charge is 0.326 e. The zero-order chi connectivity index (χ0) is 32.8. The van der Waals surface area contributed by atoms with Gasteiger partial charge in [-0.2, -0.15) is 0 Å². The highest BCUT2D eigenvalue weighted by Crippen LogP contribution is 2.20. The number of rotatable bonds is 14. The van der Waals surface area contributed by atoms with Gasteiger partial charge < -0.3 is 46.8 Å². The van der Waals surface area contributed by atoms with Crippen LogP contribution in [-0.4, -0.2) is 84.1 Å². The first-order valence-corrected chi connectivity index (χ1v) is 14.8. The number of H-pyrrole nitrogens is 3. The number of hydrogen-bond donors (Lipinski definition) is 9. The fourth-order valence-corrected chi connectivity index (χ4v) is 5.38. The summed E-state index contributed by atoms with van der Waals surface area (Å²) in [5.74, 6) is -3.57. The summed E-state index contributed by atoms with van der Waals surface area (Å²) in [6, 6.07) is 9.83. The number of aromatic amines is 3. The summed E-state index contributed by atoms with van der Waals surface area (Å²) in [5, 5.41) is 29.7. The molecular formula is C32H36N8O6. The highest BCUT2D eigenvalue weighted by molar-refractivity contribution is 5.95. The molecule has 0 aliphatic carbocycles. The fourth-order valence-electron chi connectivity index (χ4n) is 5.38. The second-order valence-corrected chi connectivity index (χ2v) is 11.2. The molecule has 10 N–H and O–H groups in total. The molecule has 0 bridgehead atoms. The predicted molar refractivity (Wildman–Crippen MR) is 169 cm³/mol. The van der Waals surface area contributed by atoms with E-state index in [-0.39, 0.29) is 19.3 Å². The standard InChI is InChI=1S/C32H36N8O6/c1-17(41)28(40-29(42)23(33)10-18-13-35-24-8-4-2-6-21(18)24)31(44)38-26(12-20-15-34-16-37-20)30(43)39-27(32(45)46)11-19-14-36-25-9-5-3-7-22(19)25/h2-9,13-17,23,26-28,35-36,41H,10-12,33H2,1H3,(H,34,37)(H,38,44)(H,39,43)(H,40,42)(H,45,46). The minimum atomic E-state index is -1.46. The van der Waals surface area contributed by atoms with E-state index in [1.807, 2.05) is 48.5 Å². The second-order valence-electron chi connectivity index (χ2n) is 11.2. The molecule has 0 fully saturated rings. The van der Waals surface area contributed by atoms with E-state index in [1.54, 1.807) is 12.4 Å². The van der Waals surface area contributed by atoms with Crippen LogP contribution in [0.3, 0.4) is 0 Å². The predicted octanol–water partition coefficient (Wildman–Crippen LogP) is 0.647. The number of aliphatic hydroxyl groups excluding tert-OH is 1. The number of carbonyl (C=O) groups is 4. The number of imidazole rings is 1. The third-order valence-electron chi connectivity index (χ3n) is 7.84. The quantitative estimate of drug-likeness (QED) is 0.0845. The fraction of sp³-hybridized carbons (Fsp3) is 0.281. The normalized spacial score (nSPS) is 14.7. The van der Waals surface area contributed by atoms with E-state index in [2.05, 4.69) is 35.9 Å². The number of fused-ring (bicyclic) bond motifs is 2. The second kappa shape index (κ2) is 14.1. The third-order valence-corrected chi connectivity index (χ3v) is 7.84. The van der Waals surface area contributed by atoms with Gasteiger partial charge in [0.25, 0.3) is 0 Å². The first-order valence-electron chi connectivity index (χ1n) is 14.8. The Morgan fingerprint density at radius 3 is 1.93 bits per heavy atom. The zero-order valence-electron chi connectivity index (χ0n) is 25.0. The van der Waals surface area contributed by atoms with Crippen LogP contribution in [0.1, 0.15) is 23.7 Å². The summed E-state index contributed by atoms with van der Waals surface area (Å²) < 4.78 is 0. The lowest BCUT2D eigenvalue weighted by molar-refractivity contribution is -0.142. The van der Waals surface area contributed by atoms with Gasteiger partial charge >= 0.3 is 5.97 Å². The van der Waals surface area contributed by atoms with Gasteiger partial charge in [0.05, 0.1) is 18.5 Å². The number of hydrogen-bond acceptors (Lipinski definition) is 7. The van der Waals surface area contributed by atoms with Crippen molar-refractivity contribution < 1.29 is 29.4 Å². The van der Waals surface area contributed by atoms with Crippen LogP contribution in [0, 0.1) is 0 Å². The average Bonchev–Trinajstić information content (AvgIpc) is 3.80. The largest absolute Gasteiger partial charge is 0.480 e. The Balaban J connectivity index is 1.28. The number of aliphatic carboxylic acids is 1. The Kier molecular flexibility index (Phi) is 9.79. The van der Waals surface area contributed by atoms with E-state index >= 15 is 0 Å². The van der Waals surface area contributed by atoms with Gasteiger partial charge in [-0.25, -0.2) is 9.78 Å². The van der Waals surface area contributed by atoms with Crippen molar-refractivity contribution >= 4 is 45.5 Å². The highest BCUT2D eigenvalue weighted by atomic mass is 16.4. The number of aromatic nitrogens is 4.